The molecule has 0 aliphatic rings. The second kappa shape index (κ2) is 9.50. The molecule has 150 valence electrons. The first-order chi connectivity index (χ1) is 13.2. The van der Waals surface area contributed by atoms with Crippen LogP contribution >= 0.6 is 0 Å². The van der Waals surface area contributed by atoms with Gasteiger partial charge < -0.3 is 9.64 Å². The predicted molar refractivity (Wildman–Crippen MR) is 111 cm³/mol. The minimum Gasteiger partial charge on any atom is -0.462 e. The molecule has 0 amide bonds. The van der Waals surface area contributed by atoms with Crippen LogP contribution in [0.15, 0.2) is 24.3 Å². The van der Waals surface area contributed by atoms with E-state index in [4.69, 9.17) is 9.72 Å². The van der Waals surface area contributed by atoms with Crippen molar-refractivity contribution in [1.29, 1.82) is 5.26 Å². The van der Waals surface area contributed by atoms with Crippen molar-refractivity contribution >= 4 is 22.8 Å². The smallest absolute Gasteiger partial charge is 0.329 e. The number of nitriles is 1. The molecule has 1 heterocycles. The molecule has 0 bridgehead atoms. The van der Waals surface area contributed by atoms with Gasteiger partial charge in [0.25, 0.3) is 0 Å². The Morgan fingerprint density at radius 2 is 1.57 bits per heavy atom. The molecule has 6 heteroatoms. The van der Waals surface area contributed by atoms with Gasteiger partial charge in [0.15, 0.2) is 11.7 Å². The zero-order valence-corrected chi connectivity index (χ0v) is 17.6. The Kier molecular flexibility index (Phi) is 7.33. The van der Waals surface area contributed by atoms with Gasteiger partial charge in [0, 0.05) is 13.1 Å². The van der Waals surface area contributed by atoms with Crippen LogP contribution in [0.3, 0.4) is 0 Å². The number of rotatable bonds is 8. The molecule has 0 aliphatic heterocycles. The van der Waals surface area contributed by atoms with E-state index < -0.39 is 11.9 Å². The number of aromatic nitrogens is 2. The Hall–Kier alpha value is -2.68. The molecule has 28 heavy (non-hydrogen) atoms. The average Bonchev–Trinajstić information content (AvgIpc) is 2.59. The first kappa shape index (κ1) is 21.6. The van der Waals surface area contributed by atoms with Crippen LogP contribution < -0.4 is 4.90 Å². The third-order valence-corrected chi connectivity index (χ3v) is 4.04. The third kappa shape index (κ3) is 5.41. The summed E-state index contributed by atoms with van der Waals surface area (Å²) in [5, 5.41) is 9.77. The molecule has 6 nitrogen and oxygen atoms in total. The predicted octanol–water partition coefficient (Wildman–Crippen LogP) is 4.31. The van der Waals surface area contributed by atoms with Crippen molar-refractivity contribution in [3.63, 3.8) is 0 Å². The fraction of sp³-hybridized carbons (Fsp3) is 0.545. The molecule has 1 unspecified atom stereocenters. The van der Waals surface area contributed by atoms with E-state index in [0.717, 1.165) is 18.6 Å². The average molecular weight is 383 g/mol. The van der Waals surface area contributed by atoms with E-state index in [0.29, 0.717) is 28.9 Å². The van der Waals surface area contributed by atoms with E-state index >= 15 is 0 Å². The Bertz CT molecular complexity index is 845. The second-order valence-electron chi connectivity index (χ2n) is 8.16. The van der Waals surface area contributed by atoms with Gasteiger partial charge in [-0.25, -0.2) is 9.97 Å². The van der Waals surface area contributed by atoms with Crippen molar-refractivity contribution < 1.29 is 9.53 Å². The summed E-state index contributed by atoms with van der Waals surface area (Å²) >= 11 is 0. The van der Waals surface area contributed by atoms with Crippen LogP contribution in [0.4, 0.5) is 5.82 Å². The second-order valence-corrected chi connectivity index (χ2v) is 8.16. The maximum atomic E-state index is 12.6. The lowest BCUT2D eigenvalue weighted by Crippen LogP contribution is -2.34. The number of ether oxygens (including phenoxy) is 1. The zero-order valence-electron chi connectivity index (χ0n) is 17.6. The molecule has 0 saturated carbocycles. The van der Waals surface area contributed by atoms with Gasteiger partial charge in [0.1, 0.15) is 5.69 Å². The van der Waals surface area contributed by atoms with Gasteiger partial charge >= 0.3 is 5.97 Å². The number of carbonyl (C=O) groups is 1. The number of carbonyl (C=O) groups excluding carboxylic acids is 1. The summed E-state index contributed by atoms with van der Waals surface area (Å²) in [7, 11) is 0. The van der Waals surface area contributed by atoms with Gasteiger partial charge in [-0.1, -0.05) is 39.8 Å². The van der Waals surface area contributed by atoms with Crippen LogP contribution in [0, 0.1) is 23.2 Å². The molecule has 1 aromatic carbocycles. The van der Waals surface area contributed by atoms with Gasteiger partial charge in [-0.3, -0.25) is 4.79 Å². The van der Waals surface area contributed by atoms with Crippen molar-refractivity contribution in [2.75, 3.05) is 18.0 Å². The minimum atomic E-state index is -1.11. The van der Waals surface area contributed by atoms with Crippen molar-refractivity contribution in [2.24, 2.45) is 11.8 Å². The summed E-state index contributed by atoms with van der Waals surface area (Å²) < 4.78 is 5.32. The van der Waals surface area contributed by atoms with Gasteiger partial charge in [-0.15, -0.1) is 0 Å². The molecule has 2 aromatic rings. The molecule has 0 spiro atoms. The summed E-state index contributed by atoms with van der Waals surface area (Å²) in [6.07, 6.45) is -0.303. The SMILES string of the molecule is CC(C)CN(CC(C)C)c1nc2ccccc2nc1C(C#N)C(=O)OC(C)C. The lowest BCUT2D eigenvalue weighted by Gasteiger charge is -2.29. The maximum absolute atomic E-state index is 12.6. The molecular formula is C22H30N4O2. The van der Waals surface area contributed by atoms with Crippen LogP contribution in [0.5, 0.6) is 0 Å². The standard InChI is InChI=1S/C22H30N4O2/c1-14(2)12-26(13-15(3)4)21-20(17(11-23)22(27)28-16(5)6)24-18-9-7-8-10-19(18)25-21/h7-10,14-17H,12-13H2,1-6H3. The van der Waals surface area contributed by atoms with Crippen molar-refractivity contribution in [1.82, 2.24) is 9.97 Å². The number of esters is 1. The van der Waals surface area contributed by atoms with Crippen molar-refractivity contribution in [2.45, 2.75) is 53.6 Å². The molecule has 0 aliphatic carbocycles. The normalized spacial score (nSPS) is 12.4. The molecular weight excluding hydrogens is 352 g/mol. The lowest BCUT2D eigenvalue weighted by atomic mass is 10.0. The van der Waals surface area contributed by atoms with Gasteiger partial charge in [-0.05, 0) is 37.8 Å². The molecule has 0 saturated heterocycles. The van der Waals surface area contributed by atoms with Crippen LogP contribution in [0.1, 0.15) is 53.2 Å². The van der Waals surface area contributed by atoms with Gasteiger partial charge in [0.05, 0.1) is 23.2 Å². The van der Waals surface area contributed by atoms with E-state index in [1.54, 1.807) is 13.8 Å². The van der Waals surface area contributed by atoms with E-state index in [1.165, 1.54) is 0 Å². The zero-order chi connectivity index (χ0) is 20.8. The largest absolute Gasteiger partial charge is 0.462 e. The lowest BCUT2D eigenvalue weighted by molar-refractivity contribution is -0.147. The molecule has 0 N–H and O–H groups in total. The quantitative estimate of drug-likeness (QED) is 0.633. The highest BCUT2D eigenvalue weighted by molar-refractivity contribution is 5.85. The van der Waals surface area contributed by atoms with E-state index in [-0.39, 0.29) is 6.10 Å². The van der Waals surface area contributed by atoms with Crippen LogP contribution in [0.25, 0.3) is 11.0 Å². The van der Waals surface area contributed by atoms with E-state index in [2.05, 4.69) is 43.6 Å². The highest BCUT2D eigenvalue weighted by Crippen LogP contribution is 2.29. The number of hydrogen-bond acceptors (Lipinski definition) is 6. The Morgan fingerprint density at radius 1 is 1.04 bits per heavy atom. The van der Waals surface area contributed by atoms with Crippen LogP contribution in [-0.2, 0) is 9.53 Å². The van der Waals surface area contributed by atoms with Gasteiger partial charge in [0.2, 0.25) is 0 Å². The fourth-order valence-corrected chi connectivity index (χ4v) is 3.09. The summed E-state index contributed by atoms with van der Waals surface area (Å²) in [5.41, 5.74) is 1.77. The number of hydrogen-bond donors (Lipinski definition) is 0. The first-order valence-corrected chi connectivity index (χ1v) is 9.84. The number of nitrogens with zero attached hydrogens (tertiary/aromatic N) is 4. The fourth-order valence-electron chi connectivity index (χ4n) is 3.09. The Labute approximate surface area is 167 Å². The summed E-state index contributed by atoms with van der Waals surface area (Å²) in [5.74, 6) is -0.326. The number of anilines is 1. The van der Waals surface area contributed by atoms with E-state index in [1.807, 2.05) is 24.3 Å². The van der Waals surface area contributed by atoms with Crippen molar-refractivity contribution in [3.8, 4) is 6.07 Å². The van der Waals surface area contributed by atoms with Gasteiger partial charge in [-0.2, -0.15) is 5.26 Å². The van der Waals surface area contributed by atoms with Crippen LogP contribution in [0.2, 0.25) is 0 Å². The number of fused-ring (bicyclic) bond motifs is 1. The topological polar surface area (TPSA) is 79.1 Å². The minimum absolute atomic E-state index is 0.303. The summed E-state index contributed by atoms with van der Waals surface area (Å²) in [4.78, 5) is 24.2. The number of para-hydroxylation sites is 2. The highest BCUT2D eigenvalue weighted by Gasteiger charge is 2.31. The monoisotopic (exact) mass is 382 g/mol. The molecule has 1 atom stereocenters. The molecule has 0 radical (unpaired) electrons. The molecule has 0 fully saturated rings. The maximum Gasteiger partial charge on any atom is 0.329 e. The summed E-state index contributed by atoms with van der Waals surface area (Å²) in [6.45, 7) is 13.6. The Balaban J connectivity index is 2.65. The molecule has 2 rings (SSSR count). The number of benzene rings is 1. The molecule has 1 aromatic heterocycles. The highest BCUT2D eigenvalue weighted by atomic mass is 16.5. The Morgan fingerprint density at radius 3 is 2.04 bits per heavy atom. The van der Waals surface area contributed by atoms with Crippen molar-refractivity contribution in [3.05, 3.63) is 30.0 Å². The van der Waals surface area contributed by atoms with Crippen LogP contribution in [-0.4, -0.2) is 35.1 Å². The first-order valence-electron chi connectivity index (χ1n) is 9.84. The third-order valence-electron chi connectivity index (χ3n) is 4.04. The summed E-state index contributed by atoms with van der Waals surface area (Å²) in [6, 6.07) is 9.60. The van der Waals surface area contributed by atoms with E-state index in [9.17, 15) is 10.1 Å².